The summed E-state index contributed by atoms with van der Waals surface area (Å²) in [6.07, 6.45) is 4.31. The summed E-state index contributed by atoms with van der Waals surface area (Å²) >= 11 is 1.94. The fourth-order valence-corrected chi connectivity index (χ4v) is 3.19. The van der Waals surface area contributed by atoms with E-state index < -0.39 is 0 Å². The molecule has 4 heteroatoms. The Morgan fingerprint density at radius 3 is 2.83 bits per heavy atom. The highest BCUT2D eigenvalue weighted by atomic mass is 32.2. The monoisotopic (exact) mass is 266 g/mol. The van der Waals surface area contributed by atoms with Gasteiger partial charge in [0, 0.05) is 35.6 Å². The predicted molar refractivity (Wildman–Crippen MR) is 76.0 cm³/mol. The van der Waals surface area contributed by atoms with Crippen LogP contribution in [-0.2, 0) is 4.74 Å². The molecular formula is C14H22N2OS. The number of nitrogens with one attached hydrogen (secondary N) is 1. The van der Waals surface area contributed by atoms with Gasteiger partial charge in [0.2, 0.25) is 0 Å². The standard InChI is InChI=1S/C14H22N2OS/c1-3-15-11(2)14-5-4-13(10-16-14)18-12-6-8-17-9-7-12/h4-5,10-12,15H,3,6-9H2,1-2H3. The first-order valence-corrected chi connectivity index (χ1v) is 7.61. The van der Waals surface area contributed by atoms with E-state index in [-0.39, 0.29) is 0 Å². The highest BCUT2D eigenvalue weighted by Gasteiger charge is 2.15. The zero-order chi connectivity index (χ0) is 12.8. The molecule has 1 aliphatic heterocycles. The van der Waals surface area contributed by atoms with Crippen LogP contribution in [0.3, 0.4) is 0 Å². The first-order chi connectivity index (χ1) is 8.79. The van der Waals surface area contributed by atoms with Gasteiger partial charge in [-0.05, 0) is 38.4 Å². The Labute approximate surface area is 114 Å². The molecular weight excluding hydrogens is 244 g/mol. The Bertz CT molecular complexity index is 349. The van der Waals surface area contributed by atoms with Gasteiger partial charge in [0.05, 0.1) is 5.69 Å². The van der Waals surface area contributed by atoms with Gasteiger partial charge < -0.3 is 10.1 Å². The lowest BCUT2D eigenvalue weighted by atomic mass is 10.2. The molecule has 0 saturated carbocycles. The van der Waals surface area contributed by atoms with Crippen LogP contribution in [0.25, 0.3) is 0 Å². The van der Waals surface area contributed by atoms with Crippen LogP contribution in [0.4, 0.5) is 0 Å². The van der Waals surface area contributed by atoms with Gasteiger partial charge in [-0.1, -0.05) is 6.92 Å². The normalized spacial score (nSPS) is 18.8. The Balaban J connectivity index is 1.90. The van der Waals surface area contributed by atoms with Crippen molar-refractivity contribution in [1.82, 2.24) is 10.3 Å². The molecule has 1 saturated heterocycles. The summed E-state index contributed by atoms with van der Waals surface area (Å²) in [6, 6.07) is 4.66. The van der Waals surface area contributed by atoms with Gasteiger partial charge in [-0.15, -0.1) is 11.8 Å². The van der Waals surface area contributed by atoms with E-state index in [1.807, 2.05) is 18.0 Å². The molecule has 1 aromatic rings. The SMILES string of the molecule is CCNC(C)c1ccc(SC2CCOCC2)cn1. The van der Waals surface area contributed by atoms with Crippen LogP contribution in [0.15, 0.2) is 23.2 Å². The van der Waals surface area contributed by atoms with E-state index in [0.717, 1.165) is 38.3 Å². The molecule has 18 heavy (non-hydrogen) atoms. The largest absolute Gasteiger partial charge is 0.381 e. The second-order valence-corrected chi connectivity index (χ2v) is 6.00. The summed E-state index contributed by atoms with van der Waals surface area (Å²) in [6.45, 7) is 7.05. The molecule has 1 N–H and O–H groups in total. The van der Waals surface area contributed by atoms with E-state index in [9.17, 15) is 0 Å². The summed E-state index contributed by atoms with van der Waals surface area (Å²) in [5.74, 6) is 0. The van der Waals surface area contributed by atoms with Crippen LogP contribution >= 0.6 is 11.8 Å². The smallest absolute Gasteiger partial charge is 0.0571 e. The van der Waals surface area contributed by atoms with Gasteiger partial charge >= 0.3 is 0 Å². The third kappa shape index (κ3) is 3.97. The van der Waals surface area contributed by atoms with Crippen molar-refractivity contribution in [3.8, 4) is 0 Å². The molecule has 1 atom stereocenters. The molecule has 0 amide bonds. The van der Waals surface area contributed by atoms with E-state index in [4.69, 9.17) is 4.74 Å². The fourth-order valence-electron chi connectivity index (χ4n) is 2.11. The minimum absolute atomic E-state index is 0.331. The van der Waals surface area contributed by atoms with E-state index in [1.54, 1.807) is 0 Å². The first kappa shape index (κ1) is 13.8. The predicted octanol–water partition coefficient (Wildman–Crippen LogP) is 3.02. The van der Waals surface area contributed by atoms with Crippen molar-refractivity contribution in [3.63, 3.8) is 0 Å². The van der Waals surface area contributed by atoms with E-state index >= 15 is 0 Å². The van der Waals surface area contributed by atoms with E-state index in [1.165, 1.54) is 4.90 Å². The number of hydrogen-bond donors (Lipinski definition) is 1. The van der Waals surface area contributed by atoms with E-state index in [0.29, 0.717) is 11.3 Å². The van der Waals surface area contributed by atoms with Crippen LogP contribution in [0, 0.1) is 0 Å². The quantitative estimate of drug-likeness (QED) is 0.888. The fraction of sp³-hybridized carbons (Fsp3) is 0.643. The van der Waals surface area contributed by atoms with Crippen molar-refractivity contribution < 1.29 is 4.74 Å². The van der Waals surface area contributed by atoms with Crippen LogP contribution in [0.5, 0.6) is 0 Å². The maximum Gasteiger partial charge on any atom is 0.0571 e. The summed E-state index contributed by atoms with van der Waals surface area (Å²) in [5.41, 5.74) is 1.12. The van der Waals surface area contributed by atoms with Gasteiger partial charge in [0.1, 0.15) is 0 Å². The molecule has 2 rings (SSSR count). The topological polar surface area (TPSA) is 34.1 Å². The molecule has 0 spiro atoms. The average Bonchev–Trinajstić information content (AvgIpc) is 2.41. The van der Waals surface area contributed by atoms with Crippen LogP contribution < -0.4 is 5.32 Å². The van der Waals surface area contributed by atoms with Crippen LogP contribution in [0.2, 0.25) is 0 Å². The summed E-state index contributed by atoms with van der Waals surface area (Å²) < 4.78 is 5.38. The summed E-state index contributed by atoms with van der Waals surface area (Å²) in [7, 11) is 0. The van der Waals surface area contributed by atoms with Crippen molar-refractivity contribution >= 4 is 11.8 Å². The van der Waals surface area contributed by atoms with Gasteiger partial charge in [-0.3, -0.25) is 4.98 Å². The van der Waals surface area contributed by atoms with Crippen molar-refractivity contribution in [1.29, 1.82) is 0 Å². The van der Waals surface area contributed by atoms with Gasteiger partial charge in [0.15, 0.2) is 0 Å². The molecule has 0 aromatic carbocycles. The highest BCUT2D eigenvalue weighted by Crippen LogP contribution is 2.29. The maximum atomic E-state index is 5.38. The zero-order valence-electron chi connectivity index (χ0n) is 11.2. The molecule has 0 bridgehead atoms. The lowest BCUT2D eigenvalue weighted by Gasteiger charge is -2.21. The molecule has 2 heterocycles. The summed E-state index contributed by atoms with van der Waals surface area (Å²) in [5, 5.41) is 4.07. The molecule has 1 aromatic heterocycles. The molecule has 100 valence electrons. The third-order valence-electron chi connectivity index (χ3n) is 3.18. The third-order valence-corrected chi connectivity index (χ3v) is 4.50. The lowest BCUT2D eigenvalue weighted by Crippen LogP contribution is -2.19. The van der Waals surface area contributed by atoms with Crippen LogP contribution in [0.1, 0.15) is 38.4 Å². The highest BCUT2D eigenvalue weighted by molar-refractivity contribution is 8.00. The van der Waals surface area contributed by atoms with Crippen molar-refractivity contribution in [2.45, 2.75) is 42.9 Å². The lowest BCUT2D eigenvalue weighted by molar-refractivity contribution is 0.100. The molecule has 3 nitrogen and oxygen atoms in total. The van der Waals surface area contributed by atoms with Crippen molar-refractivity contribution in [2.75, 3.05) is 19.8 Å². The second-order valence-electron chi connectivity index (χ2n) is 4.63. The Morgan fingerprint density at radius 2 is 2.22 bits per heavy atom. The first-order valence-electron chi connectivity index (χ1n) is 6.73. The minimum Gasteiger partial charge on any atom is -0.381 e. The molecule has 0 radical (unpaired) electrons. The van der Waals surface area contributed by atoms with Crippen LogP contribution in [-0.4, -0.2) is 30.0 Å². The zero-order valence-corrected chi connectivity index (χ0v) is 12.0. The Morgan fingerprint density at radius 1 is 1.44 bits per heavy atom. The second kappa shape index (κ2) is 7.12. The van der Waals surface area contributed by atoms with Gasteiger partial charge in [0.25, 0.3) is 0 Å². The van der Waals surface area contributed by atoms with Crippen molar-refractivity contribution in [2.24, 2.45) is 0 Å². The van der Waals surface area contributed by atoms with Crippen molar-refractivity contribution in [3.05, 3.63) is 24.0 Å². The summed E-state index contributed by atoms with van der Waals surface area (Å²) in [4.78, 5) is 5.82. The Kier molecular flexibility index (Phi) is 5.47. The number of pyridine rings is 1. The maximum absolute atomic E-state index is 5.38. The number of hydrogen-bond acceptors (Lipinski definition) is 4. The molecule has 1 fully saturated rings. The minimum atomic E-state index is 0.331. The number of ether oxygens (including phenoxy) is 1. The van der Waals surface area contributed by atoms with E-state index in [2.05, 4.69) is 36.3 Å². The van der Waals surface area contributed by atoms with Gasteiger partial charge in [-0.25, -0.2) is 0 Å². The van der Waals surface area contributed by atoms with Gasteiger partial charge in [-0.2, -0.15) is 0 Å². The molecule has 0 aliphatic carbocycles. The number of rotatable bonds is 5. The number of thioether (sulfide) groups is 1. The number of nitrogens with zero attached hydrogens (tertiary/aromatic N) is 1. The number of aromatic nitrogens is 1. The molecule has 1 aliphatic rings. The average molecular weight is 266 g/mol. The Hall–Kier alpha value is -0.580. The molecule has 1 unspecified atom stereocenters.